The first-order valence-corrected chi connectivity index (χ1v) is 13.7. The molecule has 1 nitrogen and oxygen atoms in total. The van der Waals surface area contributed by atoms with Crippen molar-refractivity contribution in [3.05, 3.63) is 58.1 Å². The summed E-state index contributed by atoms with van der Waals surface area (Å²) in [5, 5.41) is 10.0. The largest absolute Gasteiger partial charge is 0.192 e. The van der Waals surface area contributed by atoms with Crippen LogP contribution in [-0.2, 0) is 5.41 Å². The maximum absolute atomic E-state index is 10.0. The van der Waals surface area contributed by atoms with Crippen LogP contribution in [-0.4, -0.2) is 0 Å². The quantitative estimate of drug-likeness (QED) is 0.266. The van der Waals surface area contributed by atoms with Crippen molar-refractivity contribution >= 4 is 0 Å². The van der Waals surface area contributed by atoms with E-state index in [2.05, 4.69) is 64.1 Å². The predicted octanol–water partition coefficient (Wildman–Crippen LogP) is 9.94. The highest BCUT2D eigenvalue weighted by Crippen LogP contribution is 2.55. The van der Waals surface area contributed by atoms with E-state index in [-0.39, 0.29) is 5.41 Å². The van der Waals surface area contributed by atoms with E-state index < -0.39 is 0 Å². The highest BCUT2D eigenvalue weighted by Gasteiger charge is 2.43. The van der Waals surface area contributed by atoms with Gasteiger partial charge in [-0.15, -0.1) is 0 Å². The Morgan fingerprint density at radius 2 is 1.21 bits per heavy atom. The van der Waals surface area contributed by atoms with Crippen LogP contribution in [0.25, 0.3) is 11.1 Å². The van der Waals surface area contributed by atoms with Gasteiger partial charge in [-0.1, -0.05) is 121 Å². The van der Waals surface area contributed by atoms with Crippen LogP contribution in [0.5, 0.6) is 0 Å². The van der Waals surface area contributed by atoms with E-state index >= 15 is 0 Å². The van der Waals surface area contributed by atoms with Crippen molar-refractivity contribution in [1.29, 1.82) is 5.26 Å². The summed E-state index contributed by atoms with van der Waals surface area (Å²) in [7, 11) is 0. The molecule has 0 aromatic heterocycles. The molecule has 3 rings (SSSR count). The molecule has 0 saturated carbocycles. The molecule has 0 saturated heterocycles. The molecule has 0 heterocycles. The van der Waals surface area contributed by atoms with E-state index in [4.69, 9.17) is 0 Å². The van der Waals surface area contributed by atoms with Gasteiger partial charge < -0.3 is 0 Å². The molecular weight excluding hydrogens is 398 g/mol. The first kappa shape index (κ1) is 25.6. The zero-order valence-corrected chi connectivity index (χ0v) is 21.7. The normalized spacial score (nSPS) is 13.5. The minimum atomic E-state index is 0.0732. The highest BCUT2D eigenvalue weighted by molar-refractivity contribution is 5.85. The van der Waals surface area contributed by atoms with Gasteiger partial charge in [0.25, 0.3) is 0 Å². The van der Waals surface area contributed by atoms with Crippen LogP contribution in [0.1, 0.15) is 132 Å². The molecule has 33 heavy (non-hydrogen) atoms. The van der Waals surface area contributed by atoms with Crippen LogP contribution in [0.15, 0.2) is 30.3 Å². The molecule has 0 radical (unpaired) electrons. The molecule has 0 atom stereocenters. The fourth-order valence-electron chi connectivity index (χ4n) is 6.04. The summed E-state index contributed by atoms with van der Waals surface area (Å²) < 4.78 is 0. The summed E-state index contributed by atoms with van der Waals surface area (Å²) >= 11 is 0. The van der Waals surface area contributed by atoms with Gasteiger partial charge in [0.2, 0.25) is 0 Å². The number of unbranched alkanes of at least 4 members (excludes halogenated alkanes) is 10. The number of nitriles is 1. The standard InChI is InChI=1S/C32H45N/c1-5-7-9-11-13-15-19-32(20-16-14-12-10-8-6-2)29-22-25(3)17-18-28(29)31-27(24-33)21-26(4)23-30(31)32/h17-18,21-23H,5-16,19-20H2,1-4H3. The molecule has 0 bridgehead atoms. The van der Waals surface area contributed by atoms with Crippen LogP contribution in [0.3, 0.4) is 0 Å². The monoisotopic (exact) mass is 443 g/mol. The van der Waals surface area contributed by atoms with Crippen molar-refractivity contribution in [2.24, 2.45) is 0 Å². The van der Waals surface area contributed by atoms with Crippen LogP contribution < -0.4 is 0 Å². The van der Waals surface area contributed by atoms with Gasteiger partial charge in [0.1, 0.15) is 0 Å². The summed E-state index contributed by atoms with van der Waals surface area (Å²) in [5.74, 6) is 0. The smallest absolute Gasteiger partial charge is 0.0998 e. The lowest BCUT2D eigenvalue weighted by Crippen LogP contribution is -2.26. The van der Waals surface area contributed by atoms with E-state index in [1.54, 1.807) is 0 Å². The lowest BCUT2D eigenvalue weighted by molar-refractivity contribution is 0.397. The van der Waals surface area contributed by atoms with Crippen molar-refractivity contribution in [2.45, 2.75) is 123 Å². The highest BCUT2D eigenvalue weighted by atomic mass is 14.5. The van der Waals surface area contributed by atoms with Crippen LogP contribution in [0.4, 0.5) is 0 Å². The molecule has 1 heteroatoms. The third kappa shape index (κ3) is 5.90. The average Bonchev–Trinajstić information content (AvgIpc) is 3.07. The zero-order valence-electron chi connectivity index (χ0n) is 21.7. The van der Waals surface area contributed by atoms with Gasteiger partial charge in [-0.05, 0) is 55.0 Å². The van der Waals surface area contributed by atoms with Gasteiger partial charge in [0, 0.05) is 11.0 Å². The van der Waals surface area contributed by atoms with Gasteiger partial charge in [0.15, 0.2) is 0 Å². The van der Waals surface area contributed by atoms with Crippen molar-refractivity contribution in [2.75, 3.05) is 0 Å². The topological polar surface area (TPSA) is 23.8 Å². The van der Waals surface area contributed by atoms with Crippen molar-refractivity contribution in [1.82, 2.24) is 0 Å². The van der Waals surface area contributed by atoms with E-state index in [1.165, 1.54) is 123 Å². The number of rotatable bonds is 14. The third-order valence-electron chi connectivity index (χ3n) is 7.79. The summed E-state index contributed by atoms with van der Waals surface area (Å²) in [6.45, 7) is 8.97. The number of hydrogen-bond acceptors (Lipinski definition) is 1. The Morgan fingerprint density at radius 3 is 1.79 bits per heavy atom. The summed E-state index contributed by atoms with van der Waals surface area (Å²) in [6.07, 6.45) is 18.4. The molecule has 1 aliphatic carbocycles. The van der Waals surface area contributed by atoms with E-state index in [0.717, 1.165) is 5.56 Å². The fourth-order valence-corrected chi connectivity index (χ4v) is 6.04. The Kier molecular flexibility index (Phi) is 9.61. The lowest BCUT2D eigenvalue weighted by atomic mass is 9.70. The maximum Gasteiger partial charge on any atom is 0.0998 e. The Balaban J connectivity index is 1.95. The molecule has 2 aromatic carbocycles. The van der Waals surface area contributed by atoms with Crippen LogP contribution >= 0.6 is 0 Å². The molecule has 0 unspecified atom stereocenters. The van der Waals surface area contributed by atoms with E-state index in [1.807, 2.05) is 0 Å². The van der Waals surface area contributed by atoms with Gasteiger partial charge in [-0.25, -0.2) is 0 Å². The predicted molar refractivity (Wildman–Crippen MR) is 143 cm³/mol. The Bertz CT molecular complexity index is 930. The molecular formula is C32H45N. The average molecular weight is 444 g/mol. The van der Waals surface area contributed by atoms with E-state index in [0.29, 0.717) is 0 Å². The summed E-state index contributed by atoms with van der Waals surface area (Å²) in [4.78, 5) is 0. The Hall–Kier alpha value is -2.07. The molecule has 178 valence electrons. The third-order valence-corrected chi connectivity index (χ3v) is 7.79. The number of nitrogens with zero attached hydrogens (tertiary/aromatic N) is 1. The Morgan fingerprint density at radius 1 is 0.667 bits per heavy atom. The first-order valence-electron chi connectivity index (χ1n) is 13.7. The van der Waals surface area contributed by atoms with Crippen molar-refractivity contribution < 1.29 is 0 Å². The number of fused-ring (bicyclic) bond motifs is 3. The SMILES string of the molecule is CCCCCCCCC1(CCCCCCCC)c2cc(C)ccc2-c2c(C#N)cc(C)cc21. The van der Waals surface area contributed by atoms with Crippen LogP contribution in [0, 0.1) is 25.2 Å². The molecule has 0 aliphatic heterocycles. The molecule has 0 amide bonds. The second-order valence-electron chi connectivity index (χ2n) is 10.5. The Labute approximate surface area is 203 Å². The maximum atomic E-state index is 10.0. The lowest BCUT2D eigenvalue weighted by Gasteiger charge is -2.33. The minimum absolute atomic E-state index is 0.0732. The molecule has 0 N–H and O–H groups in total. The van der Waals surface area contributed by atoms with Gasteiger partial charge in [-0.2, -0.15) is 5.26 Å². The minimum Gasteiger partial charge on any atom is -0.192 e. The van der Waals surface area contributed by atoms with Crippen molar-refractivity contribution in [3.63, 3.8) is 0 Å². The number of hydrogen-bond donors (Lipinski definition) is 0. The molecule has 2 aromatic rings. The number of benzene rings is 2. The van der Waals surface area contributed by atoms with E-state index in [9.17, 15) is 5.26 Å². The molecule has 0 spiro atoms. The van der Waals surface area contributed by atoms with Crippen LogP contribution in [0.2, 0.25) is 0 Å². The fraction of sp³-hybridized carbons (Fsp3) is 0.594. The second-order valence-corrected chi connectivity index (χ2v) is 10.5. The van der Waals surface area contributed by atoms with Gasteiger partial charge in [-0.3, -0.25) is 0 Å². The molecule has 1 aliphatic rings. The zero-order chi connectivity index (χ0) is 23.7. The van der Waals surface area contributed by atoms with Gasteiger partial charge in [0.05, 0.1) is 11.6 Å². The summed E-state index contributed by atoms with van der Waals surface area (Å²) in [6, 6.07) is 14.0. The number of aryl methyl sites for hydroxylation is 2. The first-order chi connectivity index (χ1) is 16.1. The second kappa shape index (κ2) is 12.4. The van der Waals surface area contributed by atoms with Crippen molar-refractivity contribution in [3.8, 4) is 17.2 Å². The summed E-state index contributed by atoms with van der Waals surface area (Å²) in [5.41, 5.74) is 9.01. The molecule has 0 fully saturated rings. The van der Waals surface area contributed by atoms with Gasteiger partial charge >= 0.3 is 0 Å².